The summed E-state index contributed by atoms with van der Waals surface area (Å²) in [5.74, 6) is 1.37. The molecule has 0 fully saturated rings. The van der Waals surface area contributed by atoms with Gasteiger partial charge in [0.1, 0.15) is 11.5 Å². The molecule has 0 amide bonds. The van der Waals surface area contributed by atoms with E-state index in [9.17, 15) is 10.1 Å². The molecule has 2 aromatic rings. The summed E-state index contributed by atoms with van der Waals surface area (Å²) in [4.78, 5) is 10.5. The molecule has 0 radical (unpaired) electrons. The molecule has 7 heteroatoms. The third kappa shape index (κ3) is 5.76. The van der Waals surface area contributed by atoms with Crippen molar-refractivity contribution in [2.45, 2.75) is 25.9 Å². The van der Waals surface area contributed by atoms with Crippen LogP contribution in [0.1, 0.15) is 24.0 Å². The molecule has 0 atom stereocenters. The molecule has 0 aromatic heterocycles. The molecule has 0 spiro atoms. The lowest BCUT2D eigenvalue weighted by molar-refractivity contribution is -0.384. The number of non-ortho nitro benzene ring substituents is 1. The Labute approximate surface area is 152 Å². The van der Waals surface area contributed by atoms with Gasteiger partial charge in [-0.15, -0.1) is 0 Å². The van der Waals surface area contributed by atoms with E-state index in [2.05, 4.69) is 11.4 Å². The summed E-state index contributed by atoms with van der Waals surface area (Å²) in [6, 6.07) is 14.3. The zero-order valence-corrected chi connectivity index (χ0v) is 14.6. The lowest BCUT2D eigenvalue weighted by atomic mass is 10.1. The molecule has 1 N–H and O–H groups in total. The first-order valence-electron chi connectivity index (χ1n) is 8.24. The minimum atomic E-state index is -0.421. The van der Waals surface area contributed by atoms with Crippen molar-refractivity contribution in [2.75, 3.05) is 13.7 Å². The predicted octanol–water partition coefficient (Wildman–Crippen LogP) is 3.58. The summed E-state index contributed by atoms with van der Waals surface area (Å²) in [5, 5.41) is 22.7. The van der Waals surface area contributed by atoms with Crippen LogP contribution in [0.2, 0.25) is 0 Å². The number of unbranched alkanes of at least 4 members (excludes halogenated alkanes) is 1. The van der Waals surface area contributed by atoms with Crippen molar-refractivity contribution in [2.24, 2.45) is 0 Å². The Hall–Kier alpha value is -3.11. The molecule has 0 saturated heterocycles. The van der Waals surface area contributed by atoms with Crippen molar-refractivity contribution in [1.82, 2.24) is 5.32 Å². The van der Waals surface area contributed by atoms with Gasteiger partial charge in [0.15, 0.2) is 0 Å². The van der Waals surface area contributed by atoms with E-state index in [1.165, 1.54) is 19.2 Å². The summed E-state index contributed by atoms with van der Waals surface area (Å²) >= 11 is 0. The number of rotatable bonds is 10. The number of nitriles is 1. The fourth-order valence-corrected chi connectivity index (χ4v) is 2.44. The minimum absolute atomic E-state index is 0.0374. The van der Waals surface area contributed by atoms with Crippen LogP contribution < -0.4 is 14.8 Å². The van der Waals surface area contributed by atoms with Crippen LogP contribution in [-0.2, 0) is 13.1 Å². The topological polar surface area (TPSA) is 97.4 Å². The fourth-order valence-electron chi connectivity index (χ4n) is 2.44. The molecule has 0 saturated carbocycles. The zero-order valence-electron chi connectivity index (χ0n) is 14.6. The van der Waals surface area contributed by atoms with Crippen LogP contribution >= 0.6 is 0 Å². The molecule has 0 aliphatic carbocycles. The maximum absolute atomic E-state index is 10.9. The molecular formula is C19H21N3O4. The Morgan fingerprint density at radius 3 is 2.81 bits per heavy atom. The Balaban J connectivity index is 1.92. The largest absolute Gasteiger partial charge is 0.496 e. The molecule has 26 heavy (non-hydrogen) atoms. The molecule has 0 bridgehead atoms. The van der Waals surface area contributed by atoms with Gasteiger partial charge in [0.2, 0.25) is 0 Å². The van der Waals surface area contributed by atoms with Crippen LogP contribution in [0, 0.1) is 21.4 Å². The molecular weight excluding hydrogens is 334 g/mol. The van der Waals surface area contributed by atoms with E-state index in [4.69, 9.17) is 14.7 Å². The smallest absolute Gasteiger partial charge is 0.270 e. The van der Waals surface area contributed by atoms with Crippen LogP contribution in [0.3, 0.4) is 0 Å². The number of nitrogens with zero attached hydrogens (tertiary/aromatic N) is 2. The average molecular weight is 355 g/mol. The van der Waals surface area contributed by atoms with Gasteiger partial charge in [0.05, 0.1) is 24.7 Å². The molecule has 2 aromatic carbocycles. The first-order valence-corrected chi connectivity index (χ1v) is 8.24. The third-order valence-corrected chi connectivity index (χ3v) is 3.72. The van der Waals surface area contributed by atoms with Gasteiger partial charge < -0.3 is 14.8 Å². The van der Waals surface area contributed by atoms with Crippen LogP contribution in [-0.4, -0.2) is 18.6 Å². The molecule has 7 nitrogen and oxygen atoms in total. The normalized spacial score (nSPS) is 10.2. The number of nitro benzene ring substituents is 1. The van der Waals surface area contributed by atoms with Crippen molar-refractivity contribution in [1.29, 1.82) is 5.26 Å². The fraction of sp³-hybridized carbons (Fsp3) is 0.316. The zero-order chi connectivity index (χ0) is 18.8. The van der Waals surface area contributed by atoms with Crippen LogP contribution in [0.25, 0.3) is 0 Å². The quantitative estimate of drug-likeness (QED) is 0.397. The van der Waals surface area contributed by atoms with Crippen molar-refractivity contribution < 1.29 is 14.4 Å². The predicted molar refractivity (Wildman–Crippen MR) is 97.0 cm³/mol. The highest BCUT2D eigenvalue weighted by Crippen LogP contribution is 2.24. The first-order chi connectivity index (χ1) is 12.6. The molecule has 2 rings (SSSR count). The summed E-state index contributed by atoms with van der Waals surface area (Å²) in [6.45, 7) is 1.54. The second-order valence-corrected chi connectivity index (χ2v) is 5.61. The van der Waals surface area contributed by atoms with E-state index in [0.29, 0.717) is 38.3 Å². The van der Waals surface area contributed by atoms with Gasteiger partial charge in [-0.3, -0.25) is 10.1 Å². The Bertz CT molecular complexity index is 787. The van der Waals surface area contributed by atoms with Gasteiger partial charge in [-0.25, -0.2) is 0 Å². The van der Waals surface area contributed by atoms with Gasteiger partial charge in [-0.05, 0) is 30.2 Å². The van der Waals surface area contributed by atoms with E-state index in [0.717, 1.165) is 16.9 Å². The van der Waals surface area contributed by atoms with E-state index < -0.39 is 4.92 Å². The van der Waals surface area contributed by atoms with Gasteiger partial charge in [-0.2, -0.15) is 5.26 Å². The number of benzene rings is 2. The van der Waals surface area contributed by atoms with E-state index in [1.807, 2.05) is 24.3 Å². The SMILES string of the molecule is COc1ccc([N+](=O)[O-])cc1CNCc1cccc(OCCCC#N)c1. The van der Waals surface area contributed by atoms with Crippen molar-refractivity contribution in [3.8, 4) is 17.6 Å². The van der Waals surface area contributed by atoms with Crippen LogP contribution in [0.4, 0.5) is 5.69 Å². The number of methoxy groups -OCH3 is 1. The average Bonchev–Trinajstić information content (AvgIpc) is 2.65. The monoisotopic (exact) mass is 355 g/mol. The molecule has 0 unspecified atom stereocenters. The van der Waals surface area contributed by atoms with Gasteiger partial charge >= 0.3 is 0 Å². The summed E-state index contributed by atoms with van der Waals surface area (Å²) in [7, 11) is 1.54. The second-order valence-electron chi connectivity index (χ2n) is 5.61. The first kappa shape index (κ1) is 19.2. The maximum Gasteiger partial charge on any atom is 0.270 e. The number of hydrogen-bond acceptors (Lipinski definition) is 6. The van der Waals surface area contributed by atoms with Crippen LogP contribution in [0.5, 0.6) is 11.5 Å². The Kier molecular flexibility index (Phi) is 7.40. The lowest BCUT2D eigenvalue weighted by Crippen LogP contribution is -2.13. The van der Waals surface area contributed by atoms with Crippen molar-refractivity contribution >= 4 is 5.69 Å². The maximum atomic E-state index is 10.9. The lowest BCUT2D eigenvalue weighted by Gasteiger charge is -2.11. The van der Waals surface area contributed by atoms with Gasteiger partial charge in [-0.1, -0.05) is 12.1 Å². The standard InChI is InChI=1S/C19H21N3O4/c1-25-19-8-7-17(22(23)24)12-16(19)14-21-13-15-5-4-6-18(11-15)26-10-3-2-9-20/h4-8,11-12,21H,2-3,10,13-14H2,1H3. The number of nitrogens with one attached hydrogen (secondary N) is 1. The van der Waals surface area contributed by atoms with Crippen molar-refractivity contribution in [3.05, 3.63) is 63.7 Å². The highest BCUT2D eigenvalue weighted by molar-refractivity contribution is 5.43. The molecule has 136 valence electrons. The molecule has 0 aliphatic heterocycles. The molecule has 0 aliphatic rings. The Morgan fingerprint density at radius 1 is 1.23 bits per heavy atom. The summed E-state index contributed by atoms with van der Waals surface area (Å²) < 4.78 is 10.9. The summed E-state index contributed by atoms with van der Waals surface area (Å²) in [5.41, 5.74) is 1.80. The van der Waals surface area contributed by atoms with Gasteiger partial charge in [0, 0.05) is 37.2 Å². The number of nitro groups is 1. The van der Waals surface area contributed by atoms with Gasteiger partial charge in [0.25, 0.3) is 5.69 Å². The van der Waals surface area contributed by atoms with E-state index in [1.54, 1.807) is 6.07 Å². The van der Waals surface area contributed by atoms with Crippen LogP contribution in [0.15, 0.2) is 42.5 Å². The number of ether oxygens (including phenoxy) is 2. The summed E-state index contributed by atoms with van der Waals surface area (Å²) in [6.07, 6.45) is 1.18. The number of hydrogen-bond donors (Lipinski definition) is 1. The minimum Gasteiger partial charge on any atom is -0.496 e. The second kappa shape index (κ2) is 10.0. The van der Waals surface area contributed by atoms with E-state index in [-0.39, 0.29) is 5.69 Å². The highest BCUT2D eigenvalue weighted by atomic mass is 16.6. The van der Waals surface area contributed by atoms with E-state index >= 15 is 0 Å². The molecule has 0 heterocycles. The highest BCUT2D eigenvalue weighted by Gasteiger charge is 2.11. The Morgan fingerprint density at radius 2 is 2.08 bits per heavy atom. The third-order valence-electron chi connectivity index (χ3n) is 3.72. The van der Waals surface area contributed by atoms with Crippen molar-refractivity contribution in [3.63, 3.8) is 0 Å².